The maximum atomic E-state index is 12.5. The number of nitrogens with one attached hydrogen (secondary N) is 4. The molecule has 0 aliphatic carbocycles. The first kappa shape index (κ1) is 33.8. The van der Waals surface area contributed by atoms with Gasteiger partial charge in [-0.15, -0.1) is 0 Å². The molecule has 0 unspecified atom stereocenters. The molecule has 8 rings (SSSR count). The Balaban J connectivity index is 0.000000162. The van der Waals surface area contributed by atoms with Crippen LogP contribution >= 0.6 is 0 Å². The van der Waals surface area contributed by atoms with E-state index in [4.69, 9.17) is 0 Å². The number of anilines is 2. The van der Waals surface area contributed by atoms with Crippen LogP contribution in [0.1, 0.15) is 33.6 Å². The second-order valence-corrected chi connectivity index (χ2v) is 12.7. The van der Waals surface area contributed by atoms with Gasteiger partial charge >= 0.3 is 11.4 Å². The largest absolute Gasteiger partial charge is 0.379 e. The van der Waals surface area contributed by atoms with E-state index in [-0.39, 0.29) is 11.4 Å². The molecule has 0 saturated heterocycles. The van der Waals surface area contributed by atoms with Crippen molar-refractivity contribution in [2.75, 3.05) is 10.6 Å². The lowest BCUT2D eigenvalue weighted by Crippen LogP contribution is -2.17. The third-order valence-electron chi connectivity index (χ3n) is 8.75. The number of benzene rings is 4. The second kappa shape index (κ2) is 15.5. The Morgan fingerprint density at radius 1 is 0.538 bits per heavy atom. The maximum Gasteiger partial charge on any atom is 0.328 e. The Kier molecular flexibility index (Phi) is 10.1. The Labute approximate surface area is 300 Å². The topological polar surface area (TPSA) is 125 Å². The first-order chi connectivity index (χ1) is 25.4. The molecule has 4 N–H and O–H groups in total. The van der Waals surface area contributed by atoms with Crippen LogP contribution < -0.4 is 22.0 Å². The molecule has 10 nitrogen and oxygen atoms in total. The van der Waals surface area contributed by atoms with Gasteiger partial charge in [0.25, 0.3) is 0 Å². The summed E-state index contributed by atoms with van der Waals surface area (Å²) in [6.07, 6.45) is 0. The molecule has 4 aromatic carbocycles. The van der Waals surface area contributed by atoms with Gasteiger partial charge < -0.3 is 20.6 Å². The molecule has 4 heterocycles. The highest BCUT2D eigenvalue weighted by atomic mass is 16.1. The minimum absolute atomic E-state index is 0.126. The average molecular weight is 689 g/mol. The monoisotopic (exact) mass is 688 g/mol. The molecule has 0 atom stereocenters. The summed E-state index contributed by atoms with van der Waals surface area (Å²) >= 11 is 0. The zero-order valence-corrected chi connectivity index (χ0v) is 29.1. The molecule has 4 aromatic heterocycles. The molecule has 0 amide bonds. The Morgan fingerprint density at radius 2 is 1.00 bits per heavy atom. The third kappa shape index (κ3) is 7.87. The van der Waals surface area contributed by atoms with E-state index < -0.39 is 0 Å². The number of fused-ring (bicyclic) bond motifs is 2. The van der Waals surface area contributed by atoms with Crippen molar-refractivity contribution >= 4 is 33.7 Å². The van der Waals surface area contributed by atoms with E-state index >= 15 is 0 Å². The van der Waals surface area contributed by atoms with Gasteiger partial charge in [-0.2, -0.15) is 0 Å². The first-order valence-corrected chi connectivity index (χ1v) is 17.2. The smallest absolute Gasteiger partial charge is 0.328 e. The van der Waals surface area contributed by atoms with Crippen LogP contribution in [-0.4, -0.2) is 29.1 Å². The number of hydrogen-bond acceptors (Lipinski definition) is 6. The molecule has 260 valence electrons. The zero-order valence-electron chi connectivity index (χ0n) is 29.1. The van der Waals surface area contributed by atoms with Crippen LogP contribution in [-0.2, 0) is 26.2 Å². The quantitative estimate of drug-likeness (QED) is 0.119. The van der Waals surface area contributed by atoms with Gasteiger partial charge in [-0.05, 0) is 48.2 Å². The predicted molar refractivity (Wildman–Crippen MR) is 209 cm³/mol. The number of aromatic nitrogens is 6. The fourth-order valence-electron chi connectivity index (χ4n) is 6.20. The molecule has 0 spiro atoms. The number of H-pyrrole nitrogens is 2. The van der Waals surface area contributed by atoms with Gasteiger partial charge in [-0.25, -0.2) is 19.6 Å². The number of imidazole rings is 2. The van der Waals surface area contributed by atoms with Gasteiger partial charge in [-0.1, -0.05) is 121 Å². The molecule has 0 bridgehead atoms. The summed E-state index contributed by atoms with van der Waals surface area (Å²) in [5.74, 6) is 0.702. The highest BCUT2D eigenvalue weighted by Gasteiger charge is 2.15. The van der Waals surface area contributed by atoms with Crippen molar-refractivity contribution in [1.29, 1.82) is 0 Å². The lowest BCUT2D eigenvalue weighted by molar-refractivity contribution is 0.777. The fraction of sp³-hybridized carbons (Fsp3) is 0.143. The van der Waals surface area contributed by atoms with E-state index in [2.05, 4.69) is 54.8 Å². The van der Waals surface area contributed by atoms with Gasteiger partial charge in [0.15, 0.2) is 11.5 Å². The maximum absolute atomic E-state index is 12.5. The van der Waals surface area contributed by atoms with Crippen LogP contribution in [0.4, 0.5) is 11.5 Å². The zero-order chi connectivity index (χ0) is 35.9. The van der Waals surface area contributed by atoms with Crippen LogP contribution in [0.25, 0.3) is 22.2 Å². The molecule has 0 aliphatic heterocycles. The molecule has 0 aliphatic rings. The van der Waals surface area contributed by atoms with E-state index in [9.17, 15) is 9.59 Å². The van der Waals surface area contributed by atoms with E-state index in [1.807, 2.05) is 123 Å². The van der Waals surface area contributed by atoms with Crippen molar-refractivity contribution in [2.24, 2.45) is 0 Å². The van der Waals surface area contributed by atoms with Gasteiger partial charge in [0, 0.05) is 24.5 Å². The number of hydrogen-bond donors (Lipinski definition) is 4. The van der Waals surface area contributed by atoms with Crippen LogP contribution in [0, 0.1) is 13.8 Å². The van der Waals surface area contributed by atoms with E-state index in [1.165, 1.54) is 5.56 Å². The van der Waals surface area contributed by atoms with Gasteiger partial charge in [0.1, 0.15) is 11.0 Å². The van der Waals surface area contributed by atoms with Crippen molar-refractivity contribution in [2.45, 2.75) is 40.0 Å². The van der Waals surface area contributed by atoms with Crippen molar-refractivity contribution < 1.29 is 0 Å². The second-order valence-electron chi connectivity index (χ2n) is 12.7. The lowest BCUT2D eigenvalue weighted by atomic mass is 10.2. The van der Waals surface area contributed by atoms with Crippen molar-refractivity contribution in [3.63, 3.8) is 0 Å². The summed E-state index contributed by atoms with van der Waals surface area (Å²) in [5, 5.41) is 6.78. The van der Waals surface area contributed by atoms with Crippen LogP contribution in [0.2, 0.25) is 0 Å². The first-order valence-electron chi connectivity index (χ1n) is 17.2. The van der Waals surface area contributed by atoms with Crippen LogP contribution in [0.3, 0.4) is 0 Å². The molecule has 52 heavy (non-hydrogen) atoms. The predicted octanol–water partition coefficient (Wildman–Crippen LogP) is 7.39. The summed E-state index contributed by atoms with van der Waals surface area (Å²) in [7, 11) is 0. The Morgan fingerprint density at radius 3 is 1.58 bits per heavy atom. The molecular weight excluding hydrogens is 649 g/mol. The SMILES string of the molecule is Cc1cc(NCc2ccccc2)c2[nH]c(=O)n(Cc3ccccc3)c2n1.Cc1cc2c([nH]c(=O)n2Cc2ccccc2)c(NCc2ccccc2)n1. The molecular formula is C42H40N8O2. The molecule has 8 aromatic rings. The summed E-state index contributed by atoms with van der Waals surface area (Å²) in [4.78, 5) is 40.2. The van der Waals surface area contributed by atoms with Crippen molar-refractivity contribution in [3.8, 4) is 0 Å². The van der Waals surface area contributed by atoms with Crippen LogP contribution in [0.5, 0.6) is 0 Å². The van der Waals surface area contributed by atoms with E-state index in [1.54, 1.807) is 9.13 Å². The average Bonchev–Trinajstić information content (AvgIpc) is 3.65. The highest BCUT2D eigenvalue weighted by Crippen LogP contribution is 2.23. The fourth-order valence-corrected chi connectivity index (χ4v) is 6.20. The lowest BCUT2D eigenvalue weighted by Gasteiger charge is -2.09. The van der Waals surface area contributed by atoms with Crippen molar-refractivity contribution in [1.82, 2.24) is 29.1 Å². The van der Waals surface area contributed by atoms with E-state index in [0.717, 1.165) is 50.3 Å². The highest BCUT2D eigenvalue weighted by molar-refractivity contribution is 5.87. The summed E-state index contributed by atoms with van der Waals surface area (Å²) in [6, 6.07) is 44.1. The number of aromatic amines is 2. The van der Waals surface area contributed by atoms with E-state index in [0.29, 0.717) is 37.6 Å². The number of pyridine rings is 2. The third-order valence-corrected chi connectivity index (χ3v) is 8.75. The summed E-state index contributed by atoms with van der Waals surface area (Å²) in [5.41, 5.74) is 9.88. The minimum atomic E-state index is -0.148. The van der Waals surface area contributed by atoms with Crippen LogP contribution in [0.15, 0.2) is 143 Å². The summed E-state index contributed by atoms with van der Waals surface area (Å²) in [6.45, 7) is 6.24. The minimum Gasteiger partial charge on any atom is -0.379 e. The molecule has 0 radical (unpaired) electrons. The Bertz CT molecular complexity index is 2340. The number of nitrogens with zero attached hydrogens (tertiary/aromatic N) is 4. The number of rotatable bonds is 10. The van der Waals surface area contributed by atoms with Gasteiger partial charge in [-0.3, -0.25) is 9.13 Å². The standard InChI is InChI=1S/2C21H20N4O/c1-15-12-18-19(20(23-15)22-13-16-8-4-2-5-9-16)24-21(26)25(18)14-17-10-6-3-7-11-17;1-15-12-18(22-13-16-8-4-2-5-9-16)19-20(23-15)25(21(26)24-19)14-17-10-6-3-7-11-17/h2*2-12H,13-14H2,1H3,(H,22,23)(H,24,26). The number of aryl methyl sites for hydroxylation is 2. The molecule has 0 saturated carbocycles. The van der Waals surface area contributed by atoms with Gasteiger partial charge in [0.2, 0.25) is 0 Å². The summed E-state index contributed by atoms with van der Waals surface area (Å²) < 4.78 is 3.44. The molecule has 10 heteroatoms. The van der Waals surface area contributed by atoms with Crippen molar-refractivity contribution in [3.05, 3.63) is 188 Å². The Hall–Kier alpha value is -6.68. The molecule has 0 fully saturated rings. The van der Waals surface area contributed by atoms with Gasteiger partial charge in [0.05, 0.1) is 24.3 Å². The normalized spacial score (nSPS) is 11.0.